The molecule has 0 aliphatic carbocycles. The second-order valence-electron chi connectivity index (χ2n) is 5.70. The van der Waals surface area contributed by atoms with E-state index in [1.165, 1.54) is 15.6 Å². The fourth-order valence-electron chi connectivity index (χ4n) is 2.56. The minimum absolute atomic E-state index is 0.338. The lowest BCUT2D eigenvalue weighted by molar-refractivity contribution is -0.0522. The summed E-state index contributed by atoms with van der Waals surface area (Å²) in [4.78, 5) is 8.44. The smallest absolute Gasteiger partial charge is 0.0900 e. The van der Waals surface area contributed by atoms with Gasteiger partial charge < -0.3 is 5.11 Å². The maximum absolute atomic E-state index is 10.2. The zero-order valence-corrected chi connectivity index (χ0v) is 12.7. The van der Waals surface area contributed by atoms with Crippen molar-refractivity contribution < 1.29 is 5.11 Å². The molecule has 1 aromatic rings. The Morgan fingerprint density at radius 1 is 1.56 bits per heavy atom. The van der Waals surface area contributed by atoms with Gasteiger partial charge in [0.25, 0.3) is 0 Å². The number of likely N-dealkylation sites (tertiary alicyclic amines) is 1. The molecular formula is C14H24N2OS. The molecule has 0 amide bonds. The summed E-state index contributed by atoms with van der Waals surface area (Å²) in [7, 11) is 0. The summed E-state index contributed by atoms with van der Waals surface area (Å²) in [5, 5.41) is 11.4. The fourth-order valence-corrected chi connectivity index (χ4v) is 3.63. The molecule has 0 aromatic carbocycles. The first-order chi connectivity index (χ1) is 8.42. The molecule has 1 aliphatic rings. The SMILES string of the molecule is CCc1nc(C)sc1CN1CC[C@](C)(O)[C@H](C)C1. The third kappa shape index (κ3) is 2.92. The first-order valence-corrected chi connectivity index (χ1v) is 7.64. The molecule has 2 rings (SSSR count). The van der Waals surface area contributed by atoms with Crippen LogP contribution in [-0.4, -0.2) is 33.7 Å². The molecule has 0 radical (unpaired) electrons. The maximum atomic E-state index is 10.2. The number of nitrogens with zero attached hydrogens (tertiary/aromatic N) is 2. The summed E-state index contributed by atoms with van der Waals surface area (Å²) in [6, 6.07) is 0. The van der Waals surface area contributed by atoms with Crippen LogP contribution in [-0.2, 0) is 13.0 Å². The lowest BCUT2D eigenvalue weighted by Crippen LogP contribution is -2.48. The minimum Gasteiger partial charge on any atom is -0.390 e. The highest BCUT2D eigenvalue weighted by atomic mass is 32.1. The van der Waals surface area contributed by atoms with Crippen LogP contribution in [0, 0.1) is 12.8 Å². The summed E-state index contributed by atoms with van der Waals surface area (Å²) in [6.07, 6.45) is 1.88. The second kappa shape index (κ2) is 5.27. The van der Waals surface area contributed by atoms with Crippen molar-refractivity contribution in [2.24, 2.45) is 5.92 Å². The number of piperidine rings is 1. The molecule has 0 unspecified atom stereocenters. The van der Waals surface area contributed by atoms with Gasteiger partial charge in [-0.2, -0.15) is 0 Å². The molecule has 3 nitrogen and oxygen atoms in total. The predicted octanol–water partition coefficient (Wildman–Crippen LogP) is 2.61. The van der Waals surface area contributed by atoms with Crippen LogP contribution in [0.15, 0.2) is 0 Å². The zero-order chi connectivity index (χ0) is 13.3. The summed E-state index contributed by atoms with van der Waals surface area (Å²) in [5.41, 5.74) is 0.760. The molecule has 1 N–H and O–H groups in total. The maximum Gasteiger partial charge on any atom is 0.0900 e. The largest absolute Gasteiger partial charge is 0.390 e. The molecule has 0 saturated carbocycles. The quantitative estimate of drug-likeness (QED) is 0.915. The van der Waals surface area contributed by atoms with Gasteiger partial charge in [0.2, 0.25) is 0 Å². The predicted molar refractivity (Wildman–Crippen MR) is 75.9 cm³/mol. The molecule has 1 aromatic heterocycles. The molecule has 1 saturated heterocycles. The lowest BCUT2D eigenvalue weighted by Gasteiger charge is -2.41. The number of thiazole rings is 1. The number of aryl methyl sites for hydroxylation is 2. The van der Waals surface area contributed by atoms with Crippen LogP contribution in [0.2, 0.25) is 0 Å². The number of aromatic nitrogens is 1. The van der Waals surface area contributed by atoms with Gasteiger partial charge in [0.15, 0.2) is 0 Å². The van der Waals surface area contributed by atoms with E-state index in [4.69, 9.17) is 0 Å². The Kier molecular flexibility index (Phi) is 4.09. The Hall–Kier alpha value is -0.450. The van der Waals surface area contributed by atoms with Crippen molar-refractivity contribution in [2.45, 2.75) is 52.7 Å². The summed E-state index contributed by atoms with van der Waals surface area (Å²) in [5.74, 6) is 0.338. The van der Waals surface area contributed by atoms with Crippen molar-refractivity contribution >= 4 is 11.3 Å². The van der Waals surface area contributed by atoms with Crippen LogP contribution >= 0.6 is 11.3 Å². The van der Waals surface area contributed by atoms with Gasteiger partial charge in [0.1, 0.15) is 0 Å². The average molecular weight is 268 g/mol. The van der Waals surface area contributed by atoms with E-state index in [1.54, 1.807) is 0 Å². The van der Waals surface area contributed by atoms with Gasteiger partial charge in [-0.3, -0.25) is 4.90 Å². The standard InChI is InChI=1S/C14H24N2OS/c1-5-12-13(18-11(3)15-12)9-16-7-6-14(4,17)10(2)8-16/h10,17H,5-9H2,1-4H3/t10-,14+/m1/s1. The summed E-state index contributed by atoms with van der Waals surface area (Å²) in [6.45, 7) is 11.3. The second-order valence-corrected chi connectivity index (χ2v) is 6.99. The number of aliphatic hydroxyl groups is 1. The number of hydrogen-bond acceptors (Lipinski definition) is 4. The van der Waals surface area contributed by atoms with Gasteiger partial charge >= 0.3 is 0 Å². The monoisotopic (exact) mass is 268 g/mol. The van der Waals surface area contributed by atoms with E-state index < -0.39 is 5.60 Å². The highest BCUT2D eigenvalue weighted by Gasteiger charge is 2.34. The molecule has 4 heteroatoms. The van der Waals surface area contributed by atoms with Gasteiger partial charge in [0, 0.05) is 24.5 Å². The van der Waals surface area contributed by atoms with Crippen molar-refractivity contribution in [3.63, 3.8) is 0 Å². The van der Waals surface area contributed by atoms with E-state index in [0.717, 1.165) is 32.5 Å². The molecule has 18 heavy (non-hydrogen) atoms. The first-order valence-electron chi connectivity index (χ1n) is 6.82. The summed E-state index contributed by atoms with van der Waals surface area (Å²) < 4.78 is 0. The molecule has 102 valence electrons. The van der Waals surface area contributed by atoms with Crippen molar-refractivity contribution in [2.75, 3.05) is 13.1 Å². The Labute approximate surface area is 114 Å². The third-order valence-electron chi connectivity index (χ3n) is 4.12. The van der Waals surface area contributed by atoms with Crippen LogP contribution < -0.4 is 0 Å². The van der Waals surface area contributed by atoms with Crippen molar-refractivity contribution in [3.8, 4) is 0 Å². The Balaban J connectivity index is 2.02. The Morgan fingerprint density at radius 3 is 2.89 bits per heavy atom. The van der Waals surface area contributed by atoms with Crippen molar-refractivity contribution in [1.29, 1.82) is 0 Å². The highest BCUT2D eigenvalue weighted by Crippen LogP contribution is 2.29. The molecule has 2 heterocycles. The van der Waals surface area contributed by atoms with E-state index in [0.29, 0.717) is 5.92 Å². The third-order valence-corrected chi connectivity index (χ3v) is 5.11. The Bertz CT molecular complexity index is 414. The fraction of sp³-hybridized carbons (Fsp3) is 0.786. The van der Waals surface area contributed by atoms with E-state index in [9.17, 15) is 5.11 Å². The van der Waals surface area contributed by atoms with Gasteiger partial charge in [-0.1, -0.05) is 13.8 Å². The van der Waals surface area contributed by atoms with Gasteiger partial charge in [-0.15, -0.1) is 11.3 Å². The molecule has 0 spiro atoms. The number of hydrogen-bond donors (Lipinski definition) is 1. The lowest BCUT2D eigenvalue weighted by atomic mass is 9.84. The molecule has 1 aliphatic heterocycles. The van der Waals surface area contributed by atoms with E-state index in [1.807, 2.05) is 18.3 Å². The zero-order valence-electron chi connectivity index (χ0n) is 11.9. The van der Waals surface area contributed by atoms with E-state index in [-0.39, 0.29) is 0 Å². The topological polar surface area (TPSA) is 36.4 Å². The van der Waals surface area contributed by atoms with Crippen molar-refractivity contribution in [1.82, 2.24) is 9.88 Å². The molecular weight excluding hydrogens is 244 g/mol. The molecule has 0 bridgehead atoms. The first kappa shape index (κ1) is 14.0. The van der Waals surface area contributed by atoms with Crippen LogP contribution in [0.4, 0.5) is 0 Å². The van der Waals surface area contributed by atoms with Gasteiger partial charge in [-0.25, -0.2) is 4.98 Å². The van der Waals surface area contributed by atoms with Crippen LogP contribution in [0.25, 0.3) is 0 Å². The van der Waals surface area contributed by atoms with Crippen LogP contribution in [0.3, 0.4) is 0 Å². The van der Waals surface area contributed by atoms with Gasteiger partial charge in [0.05, 0.1) is 16.3 Å². The summed E-state index contributed by atoms with van der Waals surface area (Å²) >= 11 is 1.82. The van der Waals surface area contributed by atoms with E-state index in [2.05, 4.69) is 30.7 Å². The van der Waals surface area contributed by atoms with Crippen LogP contribution in [0.5, 0.6) is 0 Å². The van der Waals surface area contributed by atoms with Crippen LogP contribution in [0.1, 0.15) is 42.8 Å². The molecule has 1 fully saturated rings. The minimum atomic E-state index is -0.492. The average Bonchev–Trinajstić information content (AvgIpc) is 2.64. The van der Waals surface area contributed by atoms with Crippen molar-refractivity contribution in [3.05, 3.63) is 15.6 Å². The highest BCUT2D eigenvalue weighted by molar-refractivity contribution is 7.11. The van der Waals surface area contributed by atoms with E-state index >= 15 is 0 Å². The van der Waals surface area contributed by atoms with Gasteiger partial charge in [-0.05, 0) is 32.6 Å². The molecule has 2 atom stereocenters. The Morgan fingerprint density at radius 2 is 2.28 bits per heavy atom. The number of rotatable bonds is 3. The normalized spacial score (nSPS) is 29.7.